The summed E-state index contributed by atoms with van der Waals surface area (Å²) < 4.78 is 22.3. The number of nitrogens with zero attached hydrogens (tertiary/aromatic N) is 2. The number of aromatic nitrogens is 2. The number of aromatic amines is 1. The molecule has 8 heteroatoms. The van der Waals surface area contributed by atoms with Crippen LogP contribution in [-0.4, -0.2) is 24.4 Å². The van der Waals surface area contributed by atoms with Crippen LogP contribution in [0.1, 0.15) is 28.3 Å². The van der Waals surface area contributed by atoms with E-state index < -0.39 is 5.92 Å². The van der Waals surface area contributed by atoms with Gasteiger partial charge in [0.05, 0.1) is 20.1 Å². The maximum Gasteiger partial charge on any atom is 0.244 e. The highest BCUT2D eigenvalue weighted by molar-refractivity contribution is 5.56. The average molecular weight is 418 g/mol. The number of benzene rings is 2. The van der Waals surface area contributed by atoms with Crippen LogP contribution < -0.4 is 24.7 Å². The van der Waals surface area contributed by atoms with Crippen molar-refractivity contribution in [1.82, 2.24) is 10.2 Å². The van der Waals surface area contributed by atoms with Crippen molar-refractivity contribution in [3.8, 4) is 29.2 Å². The summed E-state index contributed by atoms with van der Waals surface area (Å²) in [6.07, 6.45) is 0. The summed E-state index contributed by atoms with van der Waals surface area (Å²) in [5.41, 5.74) is 9.64. The van der Waals surface area contributed by atoms with Gasteiger partial charge in [-0.3, -0.25) is 5.10 Å². The van der Waals surface area contributed by atoms with Crippen molar-refractivity contribution in [2.24, 2.45) is 5.73 Å². The third-order valence-corrected chi connectivity index (χ3v) is 5.20. The lowest BCUT2D eigenvalue weighted by molar-refractivity contribution is 0.294. The molecule has 0 radical (unpaired) electrons. The standard InChI is InChI=1S/C23H22N4O4/c1-13-20-21(18(11-24)22(25)31-23(20)27-26-13)14-7-8-19(29-3)15(9-14)12-30-17-6-4-5-16(10-17)28-2/h4-10,21H,12,25H2,1-3H3,(H,26,27). The molecule has 0 fully saturated rings. The summed E-state index contributed by atoms with van der Waals surface area (Å²) in [7, 11) is 3.22. The Balaban J connectivity index is 1.71. The maximum atomic E-state index is 9.76. The fourth-order valence-electron chi connectivity index (χ4n) is 3.67. The van der Waals surface area contributed by atoms with E-state index in [1.165, 1.54) is 0 Å². The normalized spacial score (nSPS) is 15.0. The van der Waals surface area contributed by atoms with Gasteiger partial charge in [0.15, 0.2) is 0 Å². The van der Waals surface area contributed by atoms with Crippen LogP contribution in [0, 0.1) is 18.3 Å². The molecule has 0 saturated carbocycles. The molecule has 1 aliphatic heterocycles. The number of aryl methyl sites for hydroxylation is 1. The molecule has 158 valence electrons. The summed E-state index contributed by atoms with van der Waals surface area (Å²) in [6, 6.07) is 15.3. The molecule has 0 saturated heterocycles. The number of methoxy groups -OCH3 is 2. The predicted octanol–water partition coefficient (Wildman–Crippen LogP) is 3.53. The molecular formula is C23H22N4O4. The van der Waals surface area contributed by atoms with Gasteiger partial charge in [-0.15, -0.1) is 5.10 Å². The lowest BCUT2D eigenvalue weighted by Crippen LogP contribution is -2.21. The number of allylic oxidation sites excluding steroid dienone is 1. The van der Waals surface area contributed by atoms with E-state index in [9.17, 15) is 5.26 Å². The Morgan fingerprint density at radius 2 is 1.97 bits per heavy atom. The van der Waals surface area contributed by atoms with E-state index in [0.29, 0.717) is 28.7 Å². The molecule has 2 heterocycles. The lowest BCUT2D eigenvalue weighted by Gasteiger charge is -2.24. The number of nitrogens with one attached hydrogen (secondary N) is 1. The van der Waals surface area contributed by atoms with Crippen LogP contribution in [-0.2, 0) is 6.61 Å². The van der Waals surface area contributed by atoms with Crippen LogP contribution in [0.3, 0.4) is 0 Å². The van der Waals surface area contributed by atoms with Crippen molar-refractivity contribution in [1.29, 1.82) is 5.26 Å². The average Bonchev–Trinajstić information content (AvgIpc) is 3.16. The van der Waals surface area contributed by atoms with Crippen molar-refractivity contribution >= 4 is 0 Å². The quantitative estimate of drug-likeness (QED) is 0.629. The largest absolute Gasteiger partial charge is 0.497 e. The van der Waals surface area contributed by atoms with Crippen molar-refractivity contribution in [2.45, 2.75) is 19.4 Å². The number of hydrogen-bond acceptors (Lipinski definition) is 7. The molecule has 1 aliphatic rings. The minimum Gasteiger partial charge on any atom is -0.497 e. The van der Waals surface area contributed by atoms with E-state index in [4.69, 9.17) is 24.7 Å². The van der Waals surface area contributed by atoms with Crippen LogP contribution in [0.5, 0.6) is 23.1 Å². The number of H-pyrrole nitrogens is 1. The van der Waals surface area contributed by atoms with Gasteiger partial charge in [0.1, 0.15) is 35.5 Å². The number of fused-ring (bicyclic) bond motifs is 1. The molecule has 31 heavy (non-hydrogen) atoms. The van der Waals surface area contributed by atoms with E-state index in [1.807, 2.05) is 49.4 Å². The third kappa shape index (κ3) is 3.73. The molecule has 1 unspecified atom stereocenters. The second-order valence-corrected chi connectivity index (χ2v) is 7.03. The zero-order valence-electron chi connectivity index (χ0n) is 17.4. The van der Waals surface area contributed by atoms with Gasteiger partial charge >= 0.3 is 0 Å². The van der Waals surface area contributed by atoms with Gasteiger partial charge in [-0.05, 0) is 36.8 Å². The minimum absolute atomic E-state index is 0.0523. The lowest BCUT2D eigenvalue weighted by atomic mass is 9.83. The molecule has 1 atom stereocenters. The topological polar surface area (TPSA) is 115 Å². The summed E-state index contributed by atoms with van der Waals surface area (Å²) in [5.74, 6) is 2.09. The molecule has 0 amide bonds. The smallest absolute Gasteiger partial charge is 0.244 e. The molecule has 1 aromatic heterocycles. The molecule has 0 bridgehead atoms. The Bertz CT molecular complexity index is 1190. The molecule has 0 aliphatic carbocycles. The summed E-state index contributed by atoms with van der Waals surface area (Å²) >= 11 is 0. The first kappa shape index (κ1) is 20.2. The highest BCUT2D eigenvalue weighted by Crippen LogP contribution is 2.43. The molecule has 8 nitrogen and oxygen atoms in total. The SMILES string of the molecule is COc1cccc(OCc2cc(C3C(C#N)=C(N)Oc4n[nH]c(C)c43)ccc2OC)c1. The summed E-state index contributed by atoms with van der Waals surface area (Å²) in [6.45, 7) is 2.15. The zero-order valence-corrected chi connectivity index (χ0v) is 17.4. The molecule has 3 aromatic rings. The van der Waals surface area contributed by atoms with E-state index in [0.717, 1.165) is 22.4 Å². The van der Waals surface area contributed by atoms with E-state index >= 15 is 0 Å². The second kappa shape index (κ2) is 8.32. The highest BCUT2D eigenvalue weighted by atomic mass is 16.5. The van der Waals surface area contributed by atoms with Crippen LogP contribution >= 0.6 is 0 Å². The zero-order chi connectivity index (χ0) is 22.0. The van der Waals surface area contributed by atoms with Gasteiger partial charge in [0, 0.05) is 22.9 Å². The van der Waals surface area contributed by atoms with Gasteiger partial charge in [-0.1, -0.05) is 12.1 Å². The third-order valence-electron chi connectivity index (χ3n) is 5.20. The van der Waals surface area contributed by atoms with Crippen molar-refractivity contribution in [3.63, 3.8) is 0 Å². The Hall–Kier alpha value is -4.12. The Morgan fingerprint density at radius 3 is 2.71 bits per heavy atom. The Morgan fingerprint density at radius 1 is 1.16 bits per heavy atom. The van der Waals surface area contributed by atoms with Crippen LogP contribution in [0.25, 0.3) is 0 Å². The Labute approximate surface area is 179 Å². The maximum absolute atomic E-state index is 9.76. The van der Waals surface area contributed by atoms with E-state index in [2.05, 4.69) is 16.3 Å². The van der Waals surface area contributed by atoms with E-state index in [1.54, 1.807) is 14.2 Å². The number of ether oxygens (including phenoxy) is 4. The Kier molecular flexibility index (Phi) is 5.41. The number of rotatable bonds is 6. The number of nitriles is 1. The fraction of sp³-hybridized carbons (Fsp3) is 0.217. The monoisotopic (exact) mass is 418 g/mol. The summed E-state index contributed by atoms with van der Waals surface area (Å²) in [4.78, 5) is 0. The summed E-state index contributed by atoms with van der Waals surface area (Å²) in [5, 5.41) is 16.8. The molecule has 3 N–H and O–H groups in total. The number of nitrogens with two attached hydrogens (primary N) is 1. The minimum atomic E-state index is -0.408. The first-order valence-electron chi connectivity index (χ1n) is 9.61. The van der Waals surface area contributed by atoms with Crippen molar-refractivity contribution < 1.29 is 18.9 Å². The molecule has 0 spiro atoms. The number of hydrogen-bond donors (Lipinski definition) is 2. The van der Waals surface area contributed by atoms with Gasteiger partial charge in [-0.2, -0.15) is 5.26 Å². The first-order valence-corrected chi connectivity index (χ1v) is 9.61. The van der Waals surface area contributed by atoms with Crippen LogP contribution in [0.4, 0.5) is 0 Å². The second-order valence-electron chi connectivity index (χ2n) is 7.03. The predicted molar refractivity (Wildman–Crippen MR) is 113 cm³/mol. The van der Waals surface area contributed by atoms with Gasteiger partial charge in [-0.25, -0.2) is 0 Å². The van der Waals surface area contributed by atoms with Crippen molar-refractivity contribution in [3.05, 3.63) is 76.3 Å². The van der Waals surface area contributed by atoms with Gasteiger partial charge in [0.2, 0.25) is 11.8 Å². The van der Waals surface area contributed by atoms with Crippen LogP contribution in [0.15, 0.2) is 53.9 Å². The fourth-order valence-corrected chi connectivity index (χ4v) is 3.67. The molecular weight excluding hydrogens is 396 g/mol. The van der Waals surface area contributed by atoms with Gasteiger partial charge in [0.25, 0.3) is 0 Å². The van der Waals surface area contributed by atoms with Gasteiger partial charge < -0.3 is 24.7 Å². The first-order chi connectivity index (χ1) is 15.0. The molecule has 4 rings (SSSR count). The van der Waals surface area contributed by atoms with Crippen LogP contribution in [0.2, 0.25) is 0 Å². The molecule has 2 aromatic carbocycles. The highest BCUT2D eigenvalue weighted by Gasteiger charge is 2.34. The van der Waals surface area contributed by atoms with E-state index in [-0.39, 0.29) is 12.5 Å². The van der Waals surface area contributed by atoms with Crippen molar-refractivity contribution in [2.75, 3.05) is 14.2 Å².